The SMILES string of the molecule is CC(C(=O)c1ccc(F)cc1)=[N+]([O-])C(C(=NO)c1ccccc1)C(C)C. The fourth-order valence-electron chi connectivity index (χ4n) is 2.71. The van der Waals surface area contributed by atoms with Crippen molar-refractivity contribution in [2.75, 3.05) is 0 Å². The lowest BCUT2D eigenvalue weighted by molar-refractivity contribution is -0.488. The summed E-state index contributed by atoms with van der Waals surface area (Å²) in [6.07, 6.45) is 0. The summed E-state index contributed by atoms with van der Waals surface area (Å²) in [4.78, 5) is 12.6. The Morgan fingerprint density at radius 1 is 1.08 bits per heavy atom. The van der Waals surface area contributed by atoms with Gasteiger partial charge >= 0.3 is 0 Å². The van der Waals surface area contributed by atoms with Crippen LogP contribution in [0.4, 0.5) is 4.39 Å². The lowest BCUT2D eigenvalue weighted by atomic mass is 9.94. The number of hydrogen-bond acceptors (Lipinski definition) is 4. The molecule has 2 aromatic rings. The van der Waals surface area contributed by atoms with Gasteiger partial charge in [0.25, 0.3) is 5.78 Å². The number of carbonyl (C=O) groups excluding carboxylic acids is 1. The summed E-state index contributed by atoms with van der Waals surface area (Å²) < 4.78 is 13.6. The second kappa shape index (κ2) is 8.38. The highest BCUT2D eigenvalue weighted by Gasteiger charge is 2.32. The number of halogens is 1. The molecule has 2 aromatic carbocycles. The number of ketones is 1. The molecular weight excluding hydrogens is 335 g/mol. The highest BCUT2D eigenvalue weighted by Crippen LogP contribution is 2.16. The summed E-state index contributed by atoms with van der Waals surface area (Å²) in [5.41, 5.74) is 0.931. The first-order valence-corrected chi connectivity index (χ1v) is 8.24. The van der Waals surface area contributed by atoms with Crippen molar-refractivity contribution in [3.8, 4) is 0 Å². The summed E-state index contributed by atoms with van der Waals surface area (Å²) in [5, 5.41) is 25.8. The number of Topliss-reactive ketones (excluding diaryl/α,β-unsaturated/α-hetero) is 1. The van der Waals surface area contributed by atoms with E-state index in [0.717, 1.165) is 0 Å². The van der Waals surface area contributed by atoms with Gasteiger partial charge in [-0.25, -0.2) is 4.39 Å². The minimum absolute atomic E-state index is 0.0626. The molecule has 0 fully saturated rings. The molecule has 0 aromatic heterocycles. The van der Waals surface area contributed by atoms with Crippen molar-refractivity contribution >= 4 is 17.2 Å². The van der Waals surface area contributed by atoms with E-state index < -0.39 is 17.6 Å². The monoisotopic (exact) mass is 356 g/mol. The van der Waals surface area contributed by atoms with Crippen LogP contribution in [0.25, 0.3) is 0 Å². The maximum atomic E-state index is 13.0. The quantitative estimate of drug-likeness (QED) is 0.213. The normalized spacial score (nSPS) is 14.1. The van der Waals surface area contributed by atoms with Gasteiger partial charge in [-0.05, 0) is 24.3 Å². The zero-order chi connectivity index (χ0) is 19.3. The first-order valence-electron chi connectivity index (χ1n) is 8.24. The van der Waals surface area contributed by atoms with Crippen molar-refractivity contribution in [3.05, 3.63) is 76.7 Å². The first-order chi connectivity index (χ1) is 12.4. The Balaban J connectivity index is 2.46. The van der Waals surface area contributed by atoms with Gasteiger partial charge in [-0.15, -0.1) is 0 Å². The standard InChI is InChI=1S/C20H21FN2O3/c1-13(2)19(18(22-25)15-7-5-4-6-8-15)23(26)14(3)20(24)16-9-11-17(21)12-10-16/h4-13,19,25H,1-3H3. The van der Waals surface area contributed by atoms with E-state index in [9.17, 15) is 19.6 Å². The number of hydrogen-bond donors (Lipinski definition) is 1. The zero-order valence-electron chi connectivity index (χ0n) is 14.9. The third-order valence-corrected chi connectivity index (χ3v) is 4.11. The fraction of sp³-hybridized carbons (Fsp3) is 0.250. The van der Waals surface area contributed by atoms with E-state index in [1.54, 1.807) is 38.1 Å². The maximum absolute atomic E-state index is 13.0. The van der Waals surface area contributed by atoms with E-state index in [0.29, 0.717) is 10.3 Å². The summed E-state index contributed by atoms with van der Waals surface area (Å²) in [6.45, 7) is 5.02. The van der Waals surface area contributed by atoms with Gasteiger partial charge in [0.1, 0.15) is 5.82 Å². The van der Waals surface area contributed by atoms with E-state index in [4.69, 9.17) is 0 Å². The fourth-order valence-corrected chi connectivity index (χ4v) is 2.71. The van der Waals surface area contributed by atoms with Gasteiger partial charge < -0.3 is 10.4 Å². The second-order valence-corrected chi connectivity index (χ2v) is 6.29. The molecule has 0 heterocycles. The van der Waals surface area contributed by atoms with E-state index in [-0.39, 0.29) is 22.9 Å². The average Bonchev–Trinajstić information content (AvgIpc) is 2.65. The van der Waals surface area contributed by atoms with Crippen LogP contribution >= 0.6 is 0 Å². The highest BCUT2D eigenvalue weighted by atomic mass is 19.1. The molecule has 0 amide bonds. The second-order valence-electron chi connectivity index (χ2n) is 6.29. The summed E-state index contributed by atoms with van der Waals surface area (Å²) in [5.74, 6) is -1.19. The zero-order valence-corrected chi connectivity index (χ0v) is 14.9. The molecule has 136 valence electrons. The van der Waals surface area contributed by atoms with Crippen molar-refractivity contribution in [2.24, 2.45) is 11.1 Å². The molecule has 0 saturated carbocycles. The van der Waals surface area contributed by atoms with Crippen molar-refractivity contribution < 1.29 is 19.1 Å². The molecule has 5 nitrogen and oxygen atoms in total. The Bertz CT molecular complexity index is 828. The largest absolute Gasteiger partial charge is 0.623 e. The average molecular weight is 356 g/mol. The van der Waals surface area contributed by atoms with Crippen LogP contribution in [-0.2, 0) is 0 Å². The van der Waals surface area contributed by atoms with E-state index in [1.165, 1.54) is 31.2 Å². The molecule has 0 saturated heterocycles. The number of nitrogens with zero attached hydrogens (tertiary/aromatic N) is 2. The van der Waals surface area contributed by atoms with Gasteiger partial charge in [-0.1, -0.05) is 49.3 Å². The van der Waals surface area contributed by atoms with Crippen LogP contribution in [0, 0.1) is 16.9 Å². The van der Waals surface area contributed by atoms with E-state index >= 15 is 0 Å². The minimum Gasteiger partial charge on any atom is -0.623 e. The highest BCUT2D eigenvalue weighted by molar-refractivity contribution is 6.43. The molecule has 1 atom stereocenters. The Hall–Kier alpha value is -3.02. The Kier molecular flexibility index (Phi) is 6.22. The van der Waals surface area contributed by atoms with Crippen LogP contribution in [0.2, 0.25) is 0 Å². The molecular formula is C20H21FN2O3. The van der Waals surface area contributed by atoms with Crippen molar-refractivity contribution in [1.82, 2.24) is 0 Å². The minimum atomic E-state index is -0.855. The summed E-state index contributed by atoms with van der Waals surface area (Å²) >= 11 is 0. The molecule has 0 aliphatic carbocycles. The van der Waals surface area contributed by atoms with Gasteiger partial charge in [0.15, 0.2) is 5.71 Å². The van der Waals surface area contributed by atoms with Gasteiger partial charge in [-0.2, -0.15) is 4.74 Å². The van der Waals surface area contributed by atoms with Crippen LogP contribution in [0.15, 0.2) is 59.8 Å². The molecule has 0 aliphatic rings. The van der Waals surface area contributed by atoms with E-state index in [1.807, 2.05) is 6.07 Å². The lowest BCUT2D eigenvalue weighted by Gasteiger charge is -2.22. The van der Waals surface area contributed by atoms with Gasteiger partial charge in [0, 0.05) is 24.0 Å². The molecule has 0 bridgehead atoms. The van der Waals surface area contributed by atoms with Crippen molar-refractivity contribution in [2.45, 2.75) is 26.8 Å². The van der Waals surface area contributed by atoms with Crippen molar-refractivity contribution in [3.63, 3.8) is 0 Å². The number of hydroxylamine groups is 1. The first kappa shape index (κ1) is 19.3. The predicted octanol–water partition coefficient (Wildman–Crippen LogP) is 3.88. The molecule has 1 N–H and O–H groups in total. The van der Waals surface area contributed by atoms with Crippen LogP contribution in [0.5, 0.6) is 0 Å². The van der Waals surface area contributed by atoms with Gasteiger partial charge in [0.05, 0.1) is 0 Å². The van der Waals surface area contributed by atoms with E-state index in [2.05, 4.69) is 5.16 Å². The number of carbonyl (C=O) groups is 1. The number of benzene rings is 2. The van der Waals surface area contributed by atoms with Crippen LogP contribution < -0.4 is 0 Å². The van der Waals surface area contributed by atoms with Gasteiger partial charge in [-0.3, -0.25) is 4.79 Å². The molecule has 0 radical (unpaired) electrons. The molecule has 1 unspecified atom stereocenters. The summed E-state index contributed by atoms with van der Waals surface area (Å²) in [6, 6.07) is 13.0. The van der Waals surface area contributed by atoms with Crippen LogP contribution in [0.1, 0.15) is 36.7 Å². The third-order valence-electron chi connectivity index (χ3n) is 4.11. The Morgan fingerprint density at radius 3 is 2.15 bits per heavy atom. The molecule has 6 heteroatoms. The third kappa shape index (κ3) is 4.14. The number of rotatable bonds is 6. The van der Waals surface area contributed by atoms with Crippen LogP contribution in [-0.4, -0.2) is 33.2 Å². The molecule has 0 aliphatic heterocycles. The smallest absolute Gasteiger partial charge is 0.252 e. The Labute approximate surface area is 151 Å². The van der Waals surface area contributed by atoms with Crippen molar-refractivity contribution in [1.29, 1.82) is 0 Å². The maximum Gasteiger partial charge on any atom is 0.252 e. The Morgan fingerprint density at radius 2 is 1.65 bits per heavy atom. The molecule has 0 spiro atoms. The molecule has 26 heavy (non-hydrogen) atoms. The lowest BCUT2D eigenvalue weighted by Crippen LogP contribution is -2.40. The number of oxime groups is 1. The summed E-state index contributed by atoms with van der Waals surface area (Å²) in [7, 11) is 0. The van der Waals surface area contributed by atoms with Crippen LogP contribution in [0.3, 0.4) is 0 Å². The van der Waals surface area contributed by atoms with Gasteiger partial charge in [0.2, 0.25) is 11.8 Å². The molecule has 2 rings (SSSR count). The topological polar surface area (TPSA) is 75.7 Å². The predicted molar refractivity (Wildman–Crippen MR) is 98.4 cm³/mol.